The lowest BCUT2D eigenvalue weighted by atomic mass is 10.1. The molecule has 2 nitrogen and oxygen atoms in total. The van der Waals surface area contributed by atoms with Crippen LogP contribution in [0.2, 0.25) is 0 Å². The SMILES string of the molecule is CCCCCCC/C=C(/OC(C)=O)C(F)(F)F. The molecule has 0 heterocycles. The van der Waals surface area contributed by atoms with Gasteiger partial charge in [0.15, 0.2) is 0 Å². The van der Waals surface area contributed by atoms with Crippen molar-refractivity contribution in [3.63, 3.8) is 0 Å². The minimum absolute atomic E-state index is 0.284. The smallest absolute Gasteiger partial charge is 0.422 e. The monoisotopic (exact) mass is 252 g/mol. The zero-order valence-corrected chi connectivity index (χ0v) is 10.3. The number of carbonyl (C=O) groups excluding carboxylic acids is 1. The van der Waals surface area contributed by atoms with Crippen molar-refractivity contribution in [1.82, 2.24) is 0 Å². The quantitative estimate of drug-likeness (QED) is 0.382. The fraction of sp³-hybridized carbons (Fsp3) is 0.750. The Kier molecular flexibility index (Phi) is 7.66. The van der Waals surface area contributed by atoms with Crippen molar-refractivity contribution in [2.75, 3.05) is 0 Å². The normalized spacial score (nSPS) is 12.6. The van der Waals surface area contributed by atoms with Crippen LogP contribution in [0.3, 0.4) is 0 Å². The second-order valence-electron chi connectivity index (χ2n) is 3.86. The second-order valence-corrected chi connectivity index (χ2v) is 3.86. The molecule has 0 rings (SSSR count). The van der Waals surface area contributed by atoms with Crippen LogP contribution in [-0.2, 0) is 9.53 Å². The fourth-order valence-corrected chi connectivity index (χ4v) is 1.35. The van der Waals surface area contributed by atoms with Crippen LogP contribution < -0.4 is 0 Å². The molecule has 0 saturated heterocycles. The van der Waals surface area contributed by atoms with Gasteiger partial charge in [0.1, 0.15) is 0 Å². The van der Waals surface area contributed by atoms with Crippen LogP contribution in [0, 0.1) is 0 Å². The molecular formula is C12H19F3O2. The number of carbonyl (C=O) groups is 1. The molecule has 0 atom stereocenters. The molecule has 17 heavy (non-hydrogen) atoms. The van der Waals surface area contributed by atoms with Gasteiger partial charge >= 0.3 is 12.1 Å². The average molecular weight is 252 g/mol. The number of hydrogen-bond donors (Lipinski definition) is 0. The highest BCUT2D eigenvalue weighted by molar-refractivity contribution is 5.67. The largest absolute Gasteiger partial charge is 0.449 e. The van der Waals surface area contributed by atoms with Gasteiger partial charge in [-0.25, -0.2) is 0 Å². The average Bonchev–Trinajstić information content (AvgIpc) is 2.19. The van der Waals surface area contributed by atoms with E-state index in [1.54, 1.807) is 0 Å². The van der Waals surface area contributed by atoms with Crippen LogP contribution in [0.5, 0.6) is 0 Å². The van der Waals surface area contributed by atoms with E-state index in [1.807, 2.05) is 0 Å². The third kappa shape index (κ3) is 8.77. The van der Waals surface area contributed by atoms with Crippen molar-refractivity contribution in [2.45, 2.75) is 58.5 Å². The lowest BCUT2D eigenvalue weighted by Crippen LogP contribution is -2.17. The molecule has 0 unspecified atom stereocenters. The molecule has 0 aliphatic carbocycles. The zero-order chi connectivity index (χ0) is 13.3. The Morgan fingerprint density at radius 2 is 1.76 bits per heavy atom. The summed E-state index contributed by atoms with van der Waals surface area (Å²) in [7, 11) is 0. The first-order chi connectivity index (χ1) is 7.88. The van der Waals surface area contributed by atoms with Gasteiger partial charge in [-0.3, -0.25) is 4.79 Å². The molecule has 0 radical (unpaired) electrons. The van der Waals surface area contributed by atoms with Gasteiger partial charge in [-0.15, -0.1) is 0 Å². The molecule has 0 spiro atoms. The molecule has 0 bridgehead atoms. The van der Waals surface area contributed by atoms with Gasteiger partial charge in [-0.2, -0.15) is 13.2 Å². The standard InChI is InChI=1S/C12H19F3O2/c1-3-4-5-6-7-8-9-11(12(13,14)15)17-10(2)16/h9H,3-8H2,1-2H3/b11-9+. The maximum absolute atomic E-state index is 12.4. The molecule has 0 saturated carbocycles. The molecule has 0 aliphatic heterocycles. The van der Waals surface area contributed by atoms with E-state index in [0.717, 1.165) is 38.7 Å². The van der Waals surface area contributed by atoms with Crippen LogP contribution in [0.15, 0.2) is 11.8 Å². The predicted octanol–water partition coefficient (Wildman–Crippen LogP) is 4.36. The number of ether oxygens (including phenoxy) is 1. The Morgan fingerprint density at radius 3 is 2.24 bits per heavy atom. The Labute approximate surface area is 99.8 Å². The summed E-state index contributed by atoms with van der Waals surface area (Å²) in [6.07, 6.45) is 1.45. The second kappa shape index (κ2) is 8.14. The molecule has 0 aromatic carbocycles. The first-order valence-electron chi connectivity index (χ1n) is 5.83. The van der Waals surface area contributed by atoms with Gasteiger partial charge in [0.2, 0.25) is 5.76 Å². The van der Waals surface area contributed by atoms with Gasteiger partial charge in [0, 0.05) is 6.92 Å². The number of unbranched alkanes of at least 4 members (excludes halogenated alkanes) is 5. The van der Waals surface area contributed by atoms with Gasteiger partial charge in [-0.05, 0) is 18.9 Å². The maximum Gasteiger partial charge on any atom is 0.449 e. The molecule has 0 aromatic heterocycles. The summed E-state index contributed by atoms with van der Waals surface area (Å²) in [5.74, 6) is -2.14. The highest BCUT2D eigenvalue weighted by atomic mass is 19.4. The van der Waals surface area contributed by atoms with Gasteiger partial charge in [0.05, 0.1) is 0 Å². The highest BCUT2D eigenvalue weighted by Gasteiger charge is 2.36. The summed E-state index contributed by atoms with van der Waals surface area (Å²) < 4.78 is 41.2. The predicted molar refractivity (Wildman–Crippen MR) is 59.3 cm³/mol. The summed E-state index contributed by atoms with van der Waals surface area (Å²) in [6, 6.07) is 0. The number of alkyl halides is 3. The van der Waals surface area contributed by atoms with Crippen molar-refractivity contribution in [3.05, 3.63) is 11.8 Å². The molecule has 0 aliphatic rings. The minimum atomic E-state index is -4.59. The molecule has 0 N–H and O–H groups in total. The molecule has 100 valence electrons. The van der Waals surface area contributed by atoms with E-state index in [2.05, 4.69) is 11.7 Å². The lowest BCUT2D eigenvalue weighted by molar-refractivity contribution is -0.158. The molecule has 0 aromatic rings. The zero-order valence-electron chi connectivity index (χ0n) is 10.3. The number of allylic oxidation sites excluding steroid dienone is 2. The summed E-state index contributed by atoms with van der Waals surface area (Å²) in [6.45, 7) is 3.03. The first kappa shape index (κ1) is 16.0. The first-order valence-corrected chi connectivity index (χ1v) is 5.83. The summed E-state index contributed by atoms with van der Waals surface area (Å²) in [4.78, 5) is 10.5. The van der Waals surface area contributed by atoms with E-state index in [1.165, 1.54) is 0 Å². The number of hydrogen-bond acceptors (Lipinski definition) is 2. The Morgan fingerprint density at radius 1 is 1.18 bits per heavy atom. The van der Waals surface area contributed by atoms with Crippen LogP contribution in [-0.4, -0.2) is 12.1 Å². The van der Waals surface area contributed by atoms with Crippen LogP contribution in [0.25, 0.3) is 0 Å². The van der Waals surface area contributed by atoms with Crippen molar-refractivity contribution in [3.8, 4) is 0 Å². The Hall–Kier alpha value is -1.00. The van der Waals surface area contributed by atoms with Gasteiger partial charge in [-0.1, -0.05) is 32.6 Å². The van der Waals surface area contributed by atoms with E-state index in [9.17, 15) is 18.0 Å². The van der Waals surface area contributed by atoms with Crippen LogP contribution in [0.4, 0.5) is 13.2 Å². The molecule has 0 amide bonds. The lowest BCUT2D eigenvalue weighted by Gasteiger charge is -2.10. The van der Waals surface area contributed by atoms with Gasteiger partial charge in [0.25, 0.3) is 0 Å². The molecular weight excluding hydrogens is 233 g/mol. The number of halogens is 3. The van der Waals surface area contributed by atoms with Crippen LogP contribution >= 0.6 is 0 Å². The third-order valence-corrected chi connectivity index (χ3v) is 2.17. The van der Waals surface area contributed by atoms with E-state index >= 15 is 0 Å². The Balaban J connectivity index is 4.08. The summed E-state index contributed by atoms with van der Waals surface area (Å²) >= 11 is 0. The minimum Gasteiger partial charge on any atom is -0.422 e. The Bertz CT molecular complexity index is 257. The van der Waals surface area contributed by atoms with E-state index < -0.39 is 17.9 Å². The molecule has 5 heteroatoms. The van der Waals surface area contributed by atoms with Crippen molar-refractivity contribution in [1.29, 1.82) is 0 Å². The van der Waals surface area contributed by atoms with E-state index in [4.69, 9.17) is 0 Å². The summed E-state index contributed by atoms with van der Waals surface area (Å²) in [5.41, 5.74) is 0. The number of esters is 1. The van der Waals surface area contributed by atoms with E-state index in [0.29, 0.717) is 6.42 Å². The van der Waals surface area contributed by atoms with Crippen molar-refractivity contribution >= 4 is 5.97 Å². The fourth-order valence-electron chi connectivity index (χ4n) is 1.35. The highest BCUT2D eigenvalue weighted by Crippen LogP contribution is 2.27. The van der Waals surface area contributed by atoms with E-state index in [-0.39, 0.29) is 6.42 Å². The number of rotatable bonds is 7. The van der Waals surface area contributed by atoms with Crippen molar-refractivity contribution < 1.29 is 22.7 Å². The maximum atomic E-state index is 12.4. The molecule has 0 fully saturated rings. The van der Waals surface area contributed by atoms with Gasteiger partial charge < -0.3 is 4.74 Å². The topological polar surface area (TPSA) is 26.3 Å². The van der Waals surface area contributed by atoms with Crippen molar-refractivity contribution in [2.24, 2.45) is 0 Å². The summed E-state index contributed by atoms with van der Waals surface area (Å²) in [5, 5.41) is 0. The third-order valence-electron chi connectivity index (χ3n) is 2.17. The van der Waals surface area contributed by atoms with Crippen LogP contribution in [0.1, 0.15) is 52.4 Å².